The fourth-order valence-electron chi connectivity index (χ4n) is 5.50. The van der Waals surface area contributed by atoms with Crippen LogP contribution in [0.15, 0.2) is 114 Å². The van der Waals surface area contributed by atoms with Crippen LogP contribution < -0.4 is 5.32 Å². The zero-order valence-electron chi connectivity index (χ0n) is 22.7. The zero-order chi connectivity index (χ0) is 27.3. The molecule has 4 aromatic carbocycles. The van der Waals surface area contributed by atoms with Gasteiger partial charge in [-0.1, -0.05) is 94.8 Å². The van der Waals surface area contributed by atoms with Crippen LogP contribution in [0.2, 0.25) is 0 Å². The first-order valence-corrected chi connectivity index (χ1v) is 14.7. The number of aromatic nitrogens is 2. The molecule has 1 atom stereocenters. The van der Waals surface area contributed by atoms with E-state index in [0.717, 1.165) is 48.2 Å². The minimum Gasteiger partial charge on any atom is -0.324 e. The van der Waals surface area contributed by atoms with Gasteiger partial charge >= 0.3 is 0 Å². The number of anilines is 2. The second-order valence-corrected chi connectivity index (χ2v) is 11.5. The standard InChI is InChI=1S/C35H33BrN4/c1-40(20-18-25-8-3-2-4-9-25)21-19-26-14-16-30(17-15-26)38-35-37-24-28-23-33(27-10-7-11-29(36)22-27)31-12-5-6-13-32(31)34(28)39-35/h2-17,22,24,33H,18-21,23H2,1H3,(H,37,38,39)/t33-/m0/s1. The number of hydrogen-bond acceptors (Lipinski definition) is 4. The first-order valence-electron chi connectivity index (χ1n) is 13.9. The van der Waals surface area contributed by atoms with E-state index >= 15 is 0 Å². The molecule has 1 heterocycles. The molecular weight excluding hydrogens is 556 g/mol. The van der Waals surface area contributed by atoms with Gasteiger partial charge in [0.25, 0.3) is 0 Å². The molecule has 1 N–H and O–H groups in total. The van der Waals surface area contributed by atoms with Gasteiger partial charge in [0.2, 0.25) is 5.95 Å². The summed E-state index contributed by atoms with van der Waals surface area (Å²) in [7, 11) is 2.20. The maximum atomic E-state index is 4.98. The van der Waals surface area contributed by atoms with Crippen LogP contribution in [0.5, 0.6) is 0 Å². The van der Waals surface area contributed by atoms with Gasteiger partial charge in [-0.3, -0.25) is 0 Å². The fourth-order valence-corrected chi connectivity index (χ4v) is 5.91. The van der Waals surface area contributed by atoms with E-state index in [0.29, 0.717) is 5.95 Å². The molecular formula is C35H33BrN4. The van der Waals surface area contributed by atoms with Crippen molar-refractivity contribution in [2.75, 3.05) is 25.5 Å². The highest BCUT2D eigenvalue weighted by atomic mass is 79.9. The Morgan fingerprint density at radius 1 is 0.825 bits per heavy atom. The molecule has 0 fully saturated rings. The summed E-state index contributed by atoms with van der Waals surface area (Å²) in [5, 5.41) is 3.43. The number of hydrogen-bond donors (Lipinski definition) is 1. The molecule has 6 rings (SSSR count). The highest BCUT2D eigenvalue weighted by molar-refractivity contribution is 9.10. The molecule has 5 aromatic rings. The van der Waals surface area contributed by atoms with E-state index < -0.39 is 0 Å². The van der Waals surface area contributed by atoms with Gasteiger partial charge in [0.15, 0.2) is 0 Å². The quantitative estimate of drug-likeness (QED) is 0.189. The van der Waals surface area contributed by atoms with Crippen molar-refractivity contribution in [3.8, 4) is 11.3 Å². The summed E-state index contributed by atoms with van der Waals surface area (Å²) in [4.78, 5) is 12.1. The molecule has 0 bridgehead atoms. The van der Waals surface area contributed by atoms with Crippen molar-refractivity contribution in [3.05, 3.63) is 142 Å². The molecule has 40 heavy (non-hydrogen) atoms. The molecule has 0 saturated heterocycles. The molecule has 0 spiro atoms. The Morgan fingerprint density at radius 3 is 2.33 bits per heavy atom. The lowest BCUT2D eigenvalue weighted by Gasteiger charge is -2.27. The average molecular weight is 590 g/mol. The summed E-state index contributed by atoms with van der Waals surface area (Å²) in [5.41, 5.74) is 9.73. The van der Waals surface area contributed by atoms with Crippen LogP contribution in [-0.4, -0.2) is 35.0 Å². The van der Waals surface area contributed by atoms with E-state index in [2.05, 4.69) is 136 Å². The fraction of sp³-hybridized carbons (Fsp3) is 0.200. The monoisotopic (exact) mass is 588 g/mol. The van der Waals surface area contributed by atoms with E-state index in [1.165, 1.54) is 33.4 Å². The van der Waals surface area contributed by atoms with Gasteiger partial charge in [-0.05, 0) is 78.4 Å². The van der Waals surface area contributed by atoms with Crippen LogP contribution in [0.1, 0.15) is 33.7 Å². The number of fused-ring (bicyclic) bond motifs is 3. The Morgan fingerprint density at radius 2 is 1.55 bits per heavy atom. The van der Waals surface area contributed by atoms with Crippen molar-refractivity contribution >= 4 is 27.6 Å². The SMILES string of the molecule is CN(CCc1ccccc1)CCc1ccc(Nc2ncc3c(n2)-c2ccccc2[C@H](c2cccc(Br)c2)C3)cc1. The third-order valence-electron chi connectivity index (χ3n) is 7.75. The Balaban J connectivity index is 1.11. The van der Waals surface area contributed by atoms with Gasteiger partial charge in [0, 0.05) is 40.9 Å². The molecule has 0 saturated carbocycles. The smallest absolute Gasteiger partial charge is 0.227 e. The summed E-state index contributed by atoms with van der Waals surface area (Å²) >= 11 is 3.64. The third kappa shape index (κ3) is 6.16. The second-order valence-electron chi connectivity index (χ2n) is 10.6. The number of rotatable bonds is 9. The molecule has 0 aliphatic heterocycles. The topological polar surface area (TPSA) is 41.0 Å². The predicted octanol–water partition coefficient (Wildman–Crippen LogP) is 8.05. The Hall–Kier alpha value is -3.80. The van der Waals surface area contributed by atoms with Crippen LogP contribution >= 0.6 is 15.9 Å². The van der Waals surface area contributed by atoms with Gasteiger partial charge in [0.05, 0.1) is 5.69 Å². The van der Waals surface area contributed by atoms with E-state index in [-0.39, 0.29) is 5.92 Å². The molecule has 1 aliphatic carbocycles. The largest absolute Gasteiger partial charge is 0.324 e. The van der Waals surface area contributed by atoms with Crippen LogP contribution in [-0.2, 0) is 19.3 Å². The molecule has 1 aliphatic rings. The minimum atomic E-state index is 0.286. The van der Waals surface area contributed by atoms with Gasteiger partial charge in [-0.15, -0.1) is 0 Å². The Kier molecular flexibility index (Phi) is 8.03. The molecule has 4 nitrogen and oxygen atoms in total. The summed E-state index contributed by atoms with van der Waals surface area (Å²) < 4.78 is 1.10. The summed E-state index contributed by atoms with van der Waals surface area (Å²) in [6.07, 6.45) is 4.98. The number of benzene rings is 4. The first-order chi connectivity index (χ1) is 19.6. The Bertz CT molecular complexity index is 1580. The van der Waals surface area contributed by atoms with Crippen molar-refractivity contribution < 1.29 is 0 Å². The highest BCUT2D eigenvalue weighted by Gasteiger charge is 2.27. The molecule has 1 aromatic heterocycles. The average Bonchev–Trinajstić information content (AvgIpc) is 3.00. The normalized spacial score (nSPS) is 14.0. The zero-order valence-corrected chi connectivity index (χ0v) is 24.3. The number of nitrogens with one attached hydrogen (secondary N) is 1. The highest BCUT2D eigenvalue weighted by Crippen LogP contribution is 2.42. The molecule has 0 radical (unpaired) electrons. The van der Waals surface area contributed by atoms with Crippen LogP contribution in [0.4, 0.5) is 11.6 Å². The van der Waals surface area contributed by atoms with Crippen molar-refractivity contribution in [2.24, 2.45) is 0 Å². The van der Waals surface area contributed by atoms with Crippen molar-refractivity contribution in [3.63, 3.8) is 0 Å². The second kappa shape index (κ2) is 12.2. The molecule has 200 valence electrons. The van der Waals surface area contributed by atoms with Crippen LogP contribution in [0.3, 0.4) is 0 Å². The number of nitrogens with zero attached hydrogens (tertiary/aromatic N) is 3. The third-order valence-corrected chi connectivity index (χ3v) is 8.24. The van der Waals surface area contributed by atoms with E-state index in [4.69, 9.17) is 9.97 Å². The number of likely N-dealkylation sites (N-methyl/N-ethyl adjacent to an activating group) is 1. The first kappa shape index (κ1) is 26.4. The van der Waals surface area contributed by atoms with Crippen molar-refractivity contribution in [1.29, 1.82) is 0 Å². The van der Waals surface area contributed by atoms with Crippen LogP contribution in [0.25, 0.3) is 11.3 Å². The lowest BCUT2D eigenvalue weighted by Crippen LogP contribution is -2.23. The van der Waals surface area contributed by atoms with Crippen molar-refractivity contribution in [1.82, 2.24) is 14.9 Å². The van der Waals surface area contributed by atoms with E-state index in [9.17, 15) is 0 Å². The van der Waals surface area contributed by atoms with Gasteiger partial charge < -0.3 is 10.2 Å². The van der Waals surface area contributed by atoms with Crippen molar-refractivity contribution in [2.45, 2.75) is 25.2 Å². The summed E-state index contributed by atoms with van der Waals surface area (Å²) in [6.45, 7) is 2.10. The predicted molar refractivity (Wildman–Crippen MR) is 168 cm³/mol. The molecule has 0 amide bonds. The number of halogens is 1. The van der Waals surface area contributed by atoms with Gasteiger partial charge in [-0.2, -0.15) is 0 Å². The van der Waals surface area contributed by atoms with Crippen LogP contribution in [0, 0.1) is 0 Å². The van der Waals surface area contributed by atoms with Gasteiger partial charge in [-0.25, -0.2) is 9.97 Å². The molecule has 0 unspecified atom stereocenters. The maximum Gasteiger partial charge on any atom is 0.227 e. The lowest BCUT2D eigenvalue weighted by atomic mass is 9.78. The molecule has 5 heteroatoms. The maximum absolute atomic E-state index is 4.98. The summed E-state index contributed by atoms with van der Waals surface area (Å²) in [5.74, 6) is 0.913. The van der Waals surface area contributed by atoms with Gasteiger partial charge in [0.1, 0.15) is 0 Å². The van der Waals surface area contributed by atoms with E-state index in [1.807, 2.05) is 6.20 Å². The Labute approximate surface area is 245 Å². The van der Waals surface area contributed by atoms with E-state index in [1.54, 1.807) is 0 Å². The minimum absolute atomic E-state index is 0.286. The summed E-state index contributed by atoms with van der Waals surface area (Å²) in [6, 6.07) is 36.6. The lowest BCUT2D eigenvalue weighted by molar-refractivity contribution is 0.343.